The van der Waals surface area contributed by atoms with Crippen LogP contribution in [-0.4, -0.2) is 114 Å². The van der Waals surface area contributed by atoms with Crippen molar-refractivity contribution in [2.75, 3.05) is 95.0 Å². The number of benzene rings is 3. The molecule has 0 spiro atoms. The Kier molecular flexibility index (Phi) is 47.3. The van der Waals surface area contributed by atoms with E-state index in [1.54, 1.807) is 35.5 Å². The summed E-state index contributed by atoms with van der Waals surface area (Å²) in [5, 5.41) is 0. The summed E-state index contributed by atoms with van der Waals surface area (Å²) in [5.74, 6) is 3.84. The molecule has 0 aromatic heterocycles. The van der Waals surface area contributed by atoms with Crippen molar-refractivity contribution < 1.29 is 52.1 Å². The minimum Gasteiger partial charge on any atom is -0.494 e. The molecule has 0 N–H and O–H groups in total. The second kappa shape index (κ2) is 51.0. The highest BCUT2D eigenvalue weighted by Gasteiger charge is 2.27. The van der Waals surface area contributed by atoms with E-state index in [1.807, 2.05) is 106 Å². The average molecular weight is 1070 g/mol. The van der Waals surface area contributed by atoms with Crippen LogP contribution < -0.4 is 14.2 Å². The molecule has 76 heavy (non-hydrogen) atoms. The van der Waals surface area contributed by atoms with Crippen LogP contribution >= 0.6 is 0 Å². The Morgan fingerprint density at radius 1 is 0.513 bits per heavy atom. The maximum Gasteiger partial charge on any atom is 0.157 e. The third kappa shape index (κ3) is 43.5. The van der Waals surface area contributed by atoms with Gasteiger partial charge < -0.3 is 52.1 Å². The number of hydrogen-bond donors (Lipinski definition) is 0. The van der Waals surface area contributed by atoms with Gasteiger partial charge in [-0.2, -0.15) is 0 Å². The van der Waals surface area contributed by atoms with Gasteiger partial charge in [0.05, 0.1) is 45.2 Å². The van der Waals surface area contributed by atoms with E-state index in [0.717, 1.165) is 134 Å². The van der Waals surface area contributed by atoms with Crippen molar-refractivity contribution in [2.24, 2.45) is 11.3 Å². The number of hydrogen-bond acceptors (Lipinski definition) is 11. The number of ether oxygens (including phenoxy) is 11. The van der Waals surface area contributed by atoms with Gasteiger partial charge in [0.1, 0.15) is 17.2 Å². The zero-order valence-corrected chi connectivity index (χ0v) is 49.8. The van der Waals surface area contributed by atoms with Crippen LogP contribution in [0.2, 0.25) is 0 Å². The zero-order chi connectivity index (χ0) is 55.4. The molecular formula is C65H110O11. The quantitative estimate of drug-likeness (QED) is 0.0491. The van der Waals surface area contributed by atoms with Crippen molar-refractivity contribution in [1.82, 2.24) is 0 Å². The third-order valence-electron chi connectivity index (χ3n) is 12.6. The van der Waals surface area contributed by atoms with E-state index in [2.05, 4.69) is 26.0 Å². The Bertz CT molecular complexity index is 1630. The fraction of sp³-hybridized carbons (Fsp3) is 0.692. The lowest BCUT2D eigenvalue weighted by atomic mass is 9.86. The van der Waals surface area contributed by atoms with Crippen LogP contribution in [0.1, 0.15) is 169 Å². The fourth-order valence-electron chi connectivity index (χ4n) is 8.34. The zero-order valence-electron chi connectivity index (χ0n) is 49.8. The Labute approximate surface area is 464 Å². The molecule has 0 radical (unpaired) electrons. The summed E-state index contributed by atoms with van der Waals surface area (Å²) in [7, 11) is 8.67. The predicted molar refractivity (Wildman–Crippen MR) is 314 cm³/mol. The molecule has 0 bridgehead atoms. The van der Waals surface area contributed by atoms with Crippen LogP contribution in [0, 0.1) is 11.3 Å². The highest BCUT2D eigenvalue weighted by Crippen LogP contribution is 2.27. The monoisotopic (exact) mass is 1070 g/mol. The van der Waals surface area contributed by atoms with E-state index >= 15 is 0 Å². The third-order valence-corrected chi connectivity index (χ3v) is 12.6. The summed E-state index contributed by atoms with van der Waals surface area (Å²) in [6, 6.07) is 27.8. The molecule has 1 heterocycles. The minimum atomic E-state index is -0.0109. The highest BCUT2D eigenvalue weighted by atomic mass is 16.7. The summed E-state index contributed by atoms with van der Waals surface area (Å²) >= 11 is 0. The second-order valence-electron chi connectivity index (χ2n) is 20.8. The van der Waals surface area contributed by atoms with Crippen LogP contribution in [0.4, 0.5) is 0 Å². The molecule has 1 saturated heterocycles. The largest absolute Gasteiger partial charge is 0.494 e. The van der Waals surface area contributed by atoms with Gasteiger partial charge in [0, 0.05) is 80.4 Å². The first-order chi connectivity index (χ1) is 37.1. The van der Waals surface area contributed by atoms with Crippen molar-refractivity contribution in [3.05, 3.63) is 103 Å². The van der Waals surface area contributed by atoms with E-state index in [1.165, 1.54) is 82.6 Å². The summed E-state index contributed by atoms with van der Waals surface area (Å²) in [5.41, 5.74) is 1.34. The molecule has 0 amide bonds. The van der Waals surface area contributed by atoms with Gasteiger partial charge in [0.2, 0.25) is 0 Å². The molecule has 6 rings (SSSR count). The molecule has 11 heteroatoms. The summed E-state index contributed by atoms with van der Waals surface area (Å²) in [4.78, 5) is 0. The molecule has 11 nitrogen and oxygen atoms in total. The maximum absolute atomic E-state index is 5.77. The highest BCUT2D eigenvalue weighted by molar-refractivity contribution is 5.27. The van der Waals surface area contributed by atoms with Gasteiger partial charge in [-0.1, -0.05) is 126 Å². The fourth-order valence-corrected chi connectivity index (χ4v) is 8.34. The number of para-hydroxylation sites is 2. The number of rotatable bonds is 29. The normalized spacial score (nSPS) is 15.5. The van der Waals surface area contributed by atoms with Crippen LogP contribution in [0.3, 0.4) is 0 Å². The van der Waals surface area contributed by atoms with Crippen LogP contribution in [0.25, 0.3) is 0 Å². The lowest BCUT2D eigenvalue weighted by Crippen LogP contribution is -2.37. The first kappa shape index (κ1) is 70.5. The van der Waals surface area contributed by atoms with Crippen LogP contribution in [0.15, 0.2) is 97.1 Å². The SMILES string of the molecule is C/C=C/CCCOc1ccccc1.COCCCC1CCCCC1.COCCCC1OCC(C)(C)CO1.COCCCCOC1CCCCC1.COCCCCOc1ccccc1.COCc1ccc(OC(C)C)cc1. The van der Waals surface area contributed by atoms with Crippen LogP contribution in [0.5, 0.6) is 17.2 Å². The summed E-state index contributed by atoms with van der Waals surface area (Å²) < 4.78 is 58.3. The van der Waals surface area contributed by atoms with Crippen molar-refractivity contribution in [2.45, 2.75) is 188 Å². The van der Waals surface area contributed by atoms with Crippen molar-refractivity contribution >= 4 is 0 Å². The lowest BCUT2D eigenvalue weighted by Gasteiger charge is -2.34. The second-order valence-corrected chi connectivity index (χ2v) is 20.8. The van der Waals surface area contributed by atoms with Crippen molar-refractivity contribution in [3.63, 3.8) is 0 Å². The lowest BCUT2D eigenvalue weighted by molar-refractivity contribution is -0.224. The molecule has 3 aromatic rings. The average Bonchev–Trinajstić information content (AvgIpc) is 3.44. The summed E-state index contributed by atoms with van der Waals surface area (Å²) in [6.07, 6.45) is 30.2. The van der Waals surface area contributed by atoms with Gasteiger partial charge in [-0.15, -0.1) is 0 Å². The molecule has 3 fully saturated rings. The van der Waals surface area contributed by atoms with E-state index in [9.17, 15) is 0 Å². The Morgan fingerprint density at radius 3 is 1.49 bits per heavy atom. The van der Waals surface area contributed by atoms with Gasteiger partial charge in [0.15, 0.2) is 6.29 Å². The maximum atomic E-state index is 5.77. The molecule has 436 valence electrons. The number of allylic oxidation sites excluding steroid dienone is 2. The smallest absolute Gasteiger partial charge is 0.157 e. The Balaban J connectivity index is 0.000000456. The van der Waals surface area contributed by atoms with E-state index in [-0.39, 0.29) is 17.8 Å². The molecule has 0 atom stereocenters. The molecule has 0 unspecified atom stereocenters. The first-order valence-corrected chi connectivity index (χ1v) is 29.1. The van der Waals surface area contributed by atoms with Crippen molar-refractivity contribution in [3.8, 4) is 17.2 Å². The molecule has 2 saturated carbocycles. The standard InChI is InChI=1S/C12H16O.C11H16O2.C11H22O2.C11H16O2.C10H20O3.C10H20O/c1-2-3-4-8-11-13-12-9-6-5-7-10-12;1-9(2)13-11-6-4-10(5-7-11)8-12-3;2*1-12-9-5-6-10-13-11-7-3-2-4-8-11;1-10(2)7-12-9(13-8-10)5-4-6-11-3;1-11-9-5-8-10-6-3-2-4-7-10/h2-3,5-7,9-10H,4,8,11H2,1H3;4-7,9H,8H2,1-3H3;11H,2-10H2,1H3;2-4,7-8H,5-6,9-10H2,1H3;9H,4-8H2,1-3H3;10H,2-9H2,1H3/b3-2+;;;;;. The van der Waals surface area contributed by atoms with Crippen molar-refractivity contribution in [1.29, 1.82) is 0 Å². The molecule has 3 aliphatic rings. The molecule has 2 aliphatic carbocycles. The Morgan fingerprint density at radius 2 is 0.987 bits per heavy atom. The van der Waals surface area contributed by atoms with E-state index in [4.69, 9.17) is 52.1 Å². The van der Waals surface area contributed by atoms with Gasteiger partial charge >= 0.3 is 0 Å². The minimum absolute atomic E-state index is 0.0109. The predicted octanol–water partition coefficient (Wildman–Crippen LogP) is 16.1. The summed E-state index contributed by atoms with van der Waals surface area (Å²) in [6.45, 7) is 18.5. The van der Waals surface area contributed by atoms with E-state index < -0.39 is 0 Å². The molecular weight excluding hydrogens is 957 g/mol. The number of unbranched alkanes of at least 4 members (excludes halogenated alkanes) is 3. The van der Waals surface area contributed by atoms with Gasteiger partial charge in [0.25, 0.3) is 0 Å². The van der Waals surface area contributed by atoms with Gasteiger partial charge in [-0.25, -0.2) is 0 Å². The topological polar surface area (TPSA) is 102 Å². The van der Waals surface area contributed by atoms with Gasteiger partial charge in [-0.05, 0) is 139 Å². The Hall–Kier alpha value is -3.52. The first-order valence-electron chi connectivity index (χ1n) is 29.1. The number of methoxy groups -OCH3 is 5. The van der Waals surface area contributed by atoms with Crippen LogP contribution in [-0.2, 0) is 44.5 Å². The molecule has 1 aliphatic heterocycles. The van der Waals surface area contributed by atoms with E-state index in [0.29, 0.717) is 12.7 Å². The van der Waals surface area contributed by atoms with Gasteiger partial charge in [-0.3, -0.25) is 0 Å². The molecule has 3 aromatic carbocycles.